The molecule has 1 unspecified atom stereocenters. The summed E-state index contributed by atoms with van der Waals surface area (Å²) in [7, 11) is 1.90. The molecule has 2 nitrogen and oxygen atoms in total. The van der Waals surface area contributed by atoms with Gasteiger partial charge < -0.3 is 10.4 Å². The van der Waals surface area contributed by atoms with Crippen LogP contribution in [0.25, 0.3) is 0 Å². The van der Waals surface area contributed by atoms with Crippen molar-refractivity contribution in [3.8, 4) is 5.75 Å². The quantitative estimate of drug-likeness (QED) is 0.783. The second-order valence-electron chi connectivity index (χ2n) is 3.17. The van der Waals surface area contributed by atoms with Gasteiger partial charge >= 0.3 is 0 Å². The standard InChI is InChI=1S/C10H14ClNO/c1-7(12-2)5-8-6-9(13)3-4-10(8)11/h3-4,6-7,12-13H,5H2,1-2H3. The highest BCUT2D eigenvalue weighted by Gasteiger charge is 2.05. The zero-order valence-corrected chi connectivity index (χ0v) is 8.60. The Labute approximate surface area is 83.5 Å². The normalized spacial score (nSPS) is 12.8. The van der Waals surface area contributed by atoms with E-state index in [9.17, 15) is 5.11 Å². The molecule has 0 fully saturated rings. The predicted octanol–water partition coefficient (Wildman–Crippen LogP) is 2.20. The summed E-state index contributed by atoms with van der Waals surface area (Å²) in [4.78, 5) is 0. The molecule has 1 aromatic carbocycles. The van der Waals surface area contributed by atoms with E-state index < -0.39 is 0 Å². The van der Waals surface area contributed by atoms with Crippen molar-refractivity contribution < 1.29 is 5.11 Å². The summed E-state index contributed by atoms with van der Waals surface area (Å²) in [5, 5.41) is 13.1. The first-order chi connectivity index (χ1) is 6.13. The first-order valence-electron chi connectivity index (χ1n) is 4.28. The summed E-state index contributed by atoms with van der Waals surface area (Å²) in [6, 6.07) is 5.37. The van der Waals surface area contributed by atoms with Crippen molar-refractivity contribution in [3.63, 3.8) is 0 Å². The second kappa shape index (κ2) is 4.49. The van der Waals surface area contributed by atoms with Gasteiger partial charge in [-0.2, -0.15) is 0 Å². The smallest absolute Gasteiger partial charge is 0.115 e. The minimum atomic E-state index is 0.266. The first kappa shape index (κ1) is 10.4. The van der Waals surface area contributed by atoms with Crippen LogP contribution in [0.15, 0.2) is 18.2 Å². The maximum Gasteiger partial charge on any atom is 0.115 e. The largest absolute Gasteiger partial charge is 0.508 e. The van der Waals surface area contributed by atoms with Gasteiger partial charge in [-0.1, -0.05) is 11.6 Å². The summed E-state index contributed by atoms with van der Waals surface area (Å²) in [6.45, 7) is 2.07. The minimum absolute atomic E-state index is 0.266. The number of likely N-dealkylation sites (N-methyl/N-ethyl adjacent to an activating group) is 1. The van der Waals surface area contributed by atoms with Crippen LogP contribution in [-0.2, 0) is 6.42 Å². The number of rotatable bonds is 3. The van der Waals surface area contributed by atoms with E-state index in [-0.39, 0.29) is 5.75 Å². The van der Waals surface area contributed by atoms with Crippen molar-refractivity contribution in [1.82, 2.24) is 5.32 Å². The van der Waals surface area contributed by atoms with Crippen molar-refractivity contribution in [2.24, 2.45) is 0 Å². The Hall–Kier alpha value is -0.730. The van der Waals surface area contributed by atoms with Crippen molar-refractivity contribution >= 4 is 11.6 Å². The molecule has 13 heavy (non-hydrogen) atoms. The lowest BCUT2D eigenvalue weighted by Crippen LogP contribution is -2.23. The van der Waals surface area contributed by atoms with Crippen LogP contribution in [0.2, 0.25) is 5.02 Å². The number of nitrogens with one attached hydrogen (secondary N) is 1. The summed E-state index contributed by atoms with van der Waals surface area (Å²) < 4.78 is 0. The molecule has 1 atom stereocenters. The van der Waals surface area contributed by atoms with Crippen LogP contribution in [-0.4, -0.2) is 18.2 Å². The monoisotopic (exact) mass is 199 g/mol. The van der Waals surface area contributed by atoms with Gasteiger partial charge in [-0.15, -0.1) is 0 Å². The fourth-order valence-corrected chi connectivity index (χ4v) is 1.34. The van der Waals surface area contributed by atoms with Gasteiger partial charge in [0.15, 0.2) is 0 Å². The highest BCUT2D eigenvalue weighted by molar-refractivity contribution is 6.31. The van der Waals surface area contributed by atoms with Crippen LogP contribution in [0.1, 0.15) is 12.5 Å². The lowest BCUT2D eigenvalue weighted by molar-refractivity contribution is 0.474. The summed E-state index contributed by atoms with van der Waals surface area (Å²) in [5.74, 6) is 0.266. The second-order valence-corrected chi connectivity index (χ2v) is 3.58. The van der Waals surface area contributed by atoms with E-state index in [2.05, 4.69) is 12.2 Å². The average Bonchev–Trinajstić information content (AvgIpc) is 2.11. The highest BCUT2D eigenvalue weighted by atomic mass is 35.5. The molecule has 72 valence electrons. The fourth-order valence-electron chi connectivity index (χ4n) is 1.15. The van der Waals surface area contributed by atoms with Crippen LogP contribution >= 0.6 is 11.6 Å². The summed E-state index contributed by atoms with van der Waals surface area (Å²) >= 11 is 5.96. The molecule has 0 aliphatic carbocycles. The van der Waals surface area contributed by atoms with Crippen molar-refractivity contribution in [2.45, 2.75) is 19.4 Å². The van der Waals surface area contributed by atoms with E-state index in [1.54, 1.807) is 18.2 Å². The Morgan fingerprint density at radius 3 is 2.85 bits per heavy atom. The Balaban J connectivity index is 2.81. The molecule has 0 saturated heterocycles. The molecule has 3 heteroatoms. The SMILES string of the molecule is CNC(C)Cc1cc(O)ccc1Cl. The third-order valence-corrected chi connectivity index (χ3v) is 2.42. The Morgan fingerprint density at radius 2 is 2.23 bits per heavy atom. The van der Waals surface area contributed by atoms with Crippen LogP contribution < -0.4 is 5.32 Å². The van der Waals surface area contributed by atoms with Crippen molar-refractivity contribution in [1.29, 1.82) is 0 Å². The molecule has 0 aliphatic heterocycles. The van der Waals surface area contributed by atoms with E-state index in [1.807, 2.05) is 7.05 Å². The molecule has 0 aliphatic rings. The zero-order chi connectivity index (χ0) is 9.84. The van der Waals surface area contributed by atoms with Crippen LogP contribution in [0, 0.1) is 0 Å². The van der Waals surface area contributed by atoms with Gasteiger partial charge in [0.25, 0.3) is 0 Å². The third kappa shape index (κ3) is 2.90. The molecule has 0 spiro atoms. The number of aromatic hydroxyl groups is 1. The Bertz CT molecular complexity index is 288. The van der Waals surface area contributed by atoms with Crippen LogP contribution in [0.5, 0.6) is 5.75 Å². The topological polar surface area (TPSA) is 32.3 Å². The van der Waals surface area contributed by atoms with Gasteiger partial charge in [-0.25, -0.2) is 0 Å². The molecule has 0 saturated carbocycles. The molecule has 1 rings (SSSR count). The fraction of sp³-hybridized carbons (Fsp3) is 0.400. The number of halogens is 1. The molecule has 0 aromatic heterocycles. The van der Waals surface area contributed by atoms with Gasteiger partial charge in [0.1, 0.15) is 5.75 Å². The van der Waals surface area contributed by atoms with Gasteiger partial charge in [0.2, 0.25) is 0 Å². The van der Waals surface area contributed by atoms with Crippen LogP contribution in [0.4, 0.5) is 0 Å². The van der Waals surface area contributed by atoms with E-state index in [0.717, 1.165) is 12.0 Å². The lowest BCUT2D eigenvalue weighted by atomic mass is 10.1. The molecule has 0 heterocycles. The Morgan fingerprint density at radius 1 is 1.54 bits per heavy atom. The molecular weight excluding hydrogens is 186 g/mol. The Kier molecular flexibility index (Phi) is 3.58. The van der Waals surface area contributed by atoms with Gasteiger partial charge in [0, 0.05) is 11.1 Å². The zero-order valence-electron chi connectivity index (χ0n) is 7.84. The van der Waals surface area contributed by atoms with E-state index in [0.29, 0.717) is 11.1 Å². The summed E-state index contributed by atoms with van der Waals surface area (Å²) in [5.41, 5.74) is 0.975. The maximum absolute atomic E-state index is 9.24. The number of phenolic OH excluding ortho intramolecular Hbond substituents is 1. The first-order valence-corrected chi connectivity index (χ1v) is 4.66. The number of phenols is 1. The van der Waals surface area contributed by atoms with Gasteiger partial charge in [0.05, 0.1) is 0 Å². The van der Waals surface area contributed by atoms with Gasteiger partial charge in [-0.05, 0) is 44.2 Å². The molecular formula is C10H14ClNO. The average molecular weight is 200 g/mol. The van der Waals surface area contributed by atoms with E-state index in [4.69, 9.17) is 11.6 Å². The molecule has 1 aromatic rings. The maximum atomic E-state index is 9.24. The minimum Gasteiger partial charge on any atom is -0.508 e. The predicted molar refractivity (Wildman–Crippen MR) is 55.3 cm³/mol. The lowest BCUT2D eigenvalue weighted by Gasteiger charge is -2.11. The van der Waals surface area contributed by atoms with Crippen molar-refractivity contribution in [2.75, 3.05) is 7.05 Å². The highest BCUT2D eigenvalue weighted by Crippen LogP contribution is 2.22. The van der Waals surface area contributed by atoms with Crippen LogP contribution in [0.3, 0.4) is 0 Å². The van der Waals surface area contributed by atoms with Gasteiger partial charge in [-0.3, -0.25) is 0 Å². The van der Waals surface area contributed by atoms with E-state index in [1.165, 1.54) is 0 Å². The molecule has 0 radical (unpaired) electrons. The number of hydrogen-bond acceptors (Lipinski definition) is 2. The number of benzene rings is 1. The molecule has 0 amide bonds. The molecule has 2 N–H and O–H groups in total. The summed E-state index contributed by atoms with van der Waals surface area (Å²) in [6.07, 6.45) is 0.823. The number of hydrogen-bond donors (Lipinski definition) is 2. The third-order valence-electron chi connectivity index (χ3n) is 2.05. The molecule has 0 bridgehead atoms. The van der Waals surface area contributed by atoms with Crippen molar-refractivity contribution in [3.05, 3.63) is 28.8 Å². The van der Waals surface area contributed by atoms with E-state index >= 15 is 0 Å².